The lowest BCUT2D eigenvalue weighted by molar-refractivity contribution is 0.254. The van der Waals surface area contributed by atoms with Crippen LogP contribution in [0.5, 0.6) is 0 Å². The molecular formula is C14H11Cl3N2OS. The van der Waals surface area contributed by atoms with E-state index in [1.165, 1.54) is 11.8 Å². The van der Waals surface area contributed by atoms with E-state index in [0.29, 0.717) is 20.8 Å². The summed E-state index contributed by atoms with van der Waals surface area (Å²) in [5, 5.41) is 6.80. The number of urea groups is 1. The summed E-state index contributed by atoms with van der Waals surface area (Å²) in [6.07, 6.45) is 0. The molecule has 110 valence electrons. The predicted molar refractivity (Wildman–Crippen MR) is 90.1 cm³/mol. The third-order valence-corrected chi connectivity index (χ3v) is 4.77. The molecule has 0 heterocycles. The summed E-state index contributed by atoms with van der Waals surface area (Å²) in [5.74, 6) is 0. The van der Waals surface area contributed by atoms with Crippen LogP contribution in [-0.2, 0) is 0 Å². The fraction of sp³-hybridized carbons (Fsp3) is 0.0714. The molecule has 2 aromatic rings. The van der Waals surface area contributed by atoms with Gasteiger partial charge >= 0.3 is 6.03 Å². The molecule has 0 saturated carbocycles. The van der Waals surface area contributed by atoms with Gasteiger partial charge in [0.1, 0.15) is 0 Å². The van der Waals surface area contributed by atoms with Gasteiger partial charge in [0.15, 0.2) is 0 Å². The number of halogens is 3. The number of nitrogens with one attached hydrogen (secondary N) is 2. The number of anilines is 1. The van der Waals surface area contributed by atoms with Crippen molar-refractivity contribution in [3.05, 3.63) is 51.5 Å². The first-order valence-electron chi connectivity index (χ1n) is 5.91. The molecule has 0 aliphatic carbocycles. The van der Waals surface area contributed by atoms with Gasteiger partial charge in [-0.05, 0) is 36.4 Å². The highest BCUT2D eigenvalue weighted by Gasteiger charge is 2.08. The molecule has 0 bridgehead atoms. The van der Waals surface area contributed by atoms with Crippen molar-refractivity contribution in [3.63, 3.8) is 0 Å². The number of amides is 2. The maximum Gasteiger partial charge on any atom is 0.318 e. The molecule has 0 radical (unpaired) electrons. The van der Waals surface area contributed by atoms with E-state index in [-0.39, 0.29) is 6.03 Å². The van der Waals surface area contributed by atoms with Crippen molar-refractivity contribution in [1.29, 1.82) is 0 Å². The van der Waals surface area contributed by atoms with Crippen LogP contribution < -0.4 is 10.6 Å². The van der Waals surface area contributed by atoms with Crippen LogP contribution in [0.1, 0.15) is 0 Å². The van der Waals surface area contributed by atoms with Crippen molar-refractivity contribution < 1.29 is 4.79 Å². The minimum atomic E-state index is -0.299. The van der Waals surface area contributed by atoms with Crippen LogP contribution in [-0.4, -0.2) is 13.1 Å². The minimum absolute atomic E-state index is 0.299. The van der Waals surface area contributed by atoms with E-state index in [0.717, 1.165) is 9.79 Å². The molecule has 0 atom stereocenters. The zero-order valence-corrected chi connectivity index (χ0v) is 14.0. The predicted octanol–water partition coefficient (Wildman–Crippen LogP) is 5.55. The molecule has 0 spiro atoms. The highest BCUT2D eigenvalue weighted by Crippen LogP contribution is 2.38. The molecule has 0 fully saturated rings. The molecule has 0 aliphatic heterocycles. The van der Waals surface area contributed by atoms with Gasteiger partial charge in [0, 0.05) is 27.5 Å². The van der Waals surface area contributed by atoms with Gasteiger partial charge in [-0.15, -0.1) is 0 Å². The topological polar surface area (TPSA) is 41.1 Å². The van der Waals surface area contributed by atoms with Gasteiger partial charge in [0.05, 0.1) is 10.0 Å². The zero-order valence-electron chi connectivity index (χ0n) is 10.9. The first kappa shape index (κ1) is 16.3. The average Bonchev–Trinajstić information content (AvgIpc) is 2.44. The Labute approximate surface area is 142 Å². The SMILES string of the molecule is CNC(=O)Nc1ccc(Sc2ccc(Cl)cc2Cl)c(Cl)c1. The lowest BCUT2D eigenvalue weighted by Crippen LogP contribution is -2.24. The Bertz CT molecular complexity index is 679. The van der Waals surface area contributed by atoms with Crippen molar-refractivity contribution in [2.24, 2.45) is 0 Å². The van der Waals surface area contributed by atoms with Crippen molar-refractivity contribution >= 4 is 58.3 Å². The Kier molecular flexibility index (Phi) is 5.65. The van der Waals surface area contributed by atoms with Crippen LogP contribution in [0.4, 0.5) is 10.5 Å². The number of hydrogen-bond acceptors (Lipinski definition) is 2. The largest absolute Gasteiger partial charge is 0.341 e. The van der Waals surface area contributed by atoms with E-state index in [4.69, 9.17) is 34.8 Å². The summed E-state index contributed by atoms with van der Waals surface area (Å²) < 4.78 is 0. The molecule has 3 nitrogen and oxygen atoms in total. The van der Waals surface area contributed by atoms with Gasteiger partial charge in [-0.1, -0.05) is 46.6 Å². The molecular weight excluding hydrogens is 351 g/mol. The second-order valence-electron chi connectivity index (χ2n) is 4.03. The summed E-state index contributed by atoms with van der Waals surface area (Å²) >= 11 is 19.7. The van der Waals surface area contributed by atoms with Crippen LogP contribution in [0.15, 0.2) is 46.2 Å². The summed E-state index contributed by atoms with van der Waals surface area (Å²) in [7, 11) is 1.55. The van der Waals surface area contributed by atoms with E-state index in [1.807, 2.05) is 12.1 Å². The molecule has 0 unspecified atom stereocenters. The number of carbonyl (C=O) groups excluding carboxylic acids is 1. The van der Waals surface area contributed by atoms with Gasteiger partial charge in [-0.3, -0.25) is 0 Å². The van der Waals surface area contributed by atoms with Crippen molar-refractivity contribution in [3.8, 4) is 0 Å². The number of carbonyl (C=O) groups is 1. The Morgan fingerprint density at radius 1 is 1.00 bits per heavy atom. The zero-order chi connectivity index (χ0) is 15.4. The van der Waals surface area contributed by atoms with Crippen LogP contribution in [0.3, 0.4) is 0 Å². The quantitative estimate of drug-likeness (QED) is 0.752. The Hall–Kier alpha value is -1.07. The molecule has 2 N–H and O–H groups in total. The smallest absolute Gasteiger partial charge is 0.318 e. The first-order valence-corrected chi connectivity index (χ1v) is 7.86. The van der Waals surface area contributed by atoms with Gasteiger partial charge in [0.2, 0.25) is 0 Å². The van der Waals surface area contributed by atoms with Crippen molar-refractivity contribution in [2.45, 2.75) is 9.79 Å². The minimum Gasteiger partial charge on any atom is -0.341 e. The van der Waals surface area contributed by atoms with Gasteiger partial charge in [-0.2, -0.15) is 0 Å². The molecule has 2 amide bonds. The second kappa shape index (κ2) is 7.27. The average molecular weight is 362 g/mol. The van der Waals surface area contributed by atoms with E-state index in [2.05, 4.69) is 10.6 Å². The maximum absolute atomic E-state index is 11.2. The lowest BCUT2D eigenvalue weighted by Gasteiger charge is -2.09. The highest BCUT2D eigenvalue weighted by molar-refractivity contribution is 7.99. The standard InChI is InChI=1S/C14H11Cl3N2OS/c1-18-14(20)19-9-3-5-13(11(17)7-9)21-12-4-2-8(15)6-10(12)16/h2-7H,1H3,(H2,18,19,20). The summed E-state index contributed by atoms with van der Waals surface area (Å²) in [5.41, 5.74) is 0.617. The van der Waals surface area contributed by atoms with Gasteiger partial charge in [0.25, 0.3) is 0 Å². The van der Waals surface area contributed by atoms with Crippen LogP contribution >= 0.6 is 46.6 Å². The molecule has 7 heteroatoms. The molecule has 0 aliphatic rings. The molecule has 0 aromatic heterocycles. The molecule has 21 heavy (non-hydrogen) atoms. The summed E-state index contributed by atoms with van der Waals surface area (Å²) in [4.78, 5) is 12.9. The van der Waals surface area contributed by atoms with Crippen molar-refractivity contribution in [2.75, 3.05) is 12.4 Å². The number of hydrogen-bond donors (Lipinski definition) is 2. The monoisotopic (exact) mass is 360 g/mol. The Morgan fingerprint density at radius 2 is 1.62 bits per heavy atom. The van der Waals surface area contributed by atoms with Crippen LogP contribution in [0, 0.1) is 0 Å². The van der Waals surface area contributed by atoms with E-state index in [9.17, 15) is 4.79 Å². The third kappa shape index (κ3) is 4.45. The van der Waals surface area contributed by atoms with E-state index >= 15 is 0 Å². The number of benzene rings is 2. The fourth-order valence-corrected chi connectivity index (χ4v) is 3.17. The maximum atomic E-state index is 11.2. The van der Waals surface area contributed by atoms with E-state index < -0.39 is 0 Å². The van der Waals surface area contributed by atoms with Gasteiger partial charge < -0.3 is 10.6 Å². The first-order chi connectivity index (χ1) is 9.99. The van der Waals surface area contributed by atoms with Crippen LogP contribution in [0.25, 0.3) is 0 Å². The molecule has 2 aromatic carbocycles. The number of rotatable bonds is 3. The summed E-state index contributed by atoms with van der Waals surface area (Å²) in [6.45, 7) is 0. The van der Waals surface area contributed by atoms with E-state index in [1.54, 1.807) is 31.3 Å². The third-order valence-electron chi connectivity index (χ3n) is 2.53. The normalized spacial score (nSPS) is 10.3. The fourth-order valence-electron chi connectivity index (χ4n) is 1.53. The Morgan fingerprint density at radius 3 is 2.19 bits per heavy atom. The lowest BCUT2D eigenvalue weighted by atomic mass is 10.3. The molecule has 0 saturated heterocycles. The second-order valence-corrected chi connectivity index (χ2v) is 6.36. The van der Waals surface area contributed by atoms with Gasteiger partial charge in [-0.25, -0.2) is 4.79 Å². The Balaban J connectivity index is 2.19. The molecule has 2 rings (SSSR count). The van der Waals surface area contributed by atoms with Crippen LogP contribution in [0.2, 0.25) is 15.1 Å². The summed E-state index contributed by atoms with van der Waals surface area (Å²) in [6, 6.07) is 10.3. The van der Waals surface area contributed by atoms with Crippen molar-refractivity contribution in [1.82, 2.24) is 5.32 Å². The highest BCUT2D eigenvalue weighted by atomic mass is 35.5.